The van der Waals surface area contributed by atoms with Gasteiger partial charge in [-0.3, -0.25) is 4.79 Å². The normalized spacial score (nSPS) is 11.3. The topological polar surface area (TPSA) is 70.1 Å². The maximum absolute atomic E-state index is 11.8. The number of thiophene rings is 1. The Bertz CT molecular complexity index is 1230. The lowest BCUT2D eigenvalue weighted by atomic mass is 10.0. The number of pyridine rings is 2. The van der Waals surface area contributed by atoms with Crippen molar-refractivity contribution in [1.82, 2.24) is 9.55 Å². The van der Waals surface area contributed by atoms with E-state index < -0.39 is 0 Å². The number of aromatic nitrogens is 2. The van der Waals surface area contributed by atoms with Crippen LogP contribution in [0.4, 0.5) is 5.69 Å². The molecule has 4 rings (SSSR count). The van der Waals surface area contributed by atoms with E-state index in [1.807, 2.05) is 30.5 Å². The lowest BCUT2D eigenvalue weighted by Crippen LogP contribution is -2.14. The summed E-state index contributed by atoms with van der Waals surface area (Å²) in [4.78, 5) is 17.6. The van der Waals surface area contributed by atoms with Gasteiger partial charge in [-0.15, -0.1) is 23.1 Å². The standard InChI is InChI=1S/C23H23N3O2S2/c1-26-14-16(9-10-19(26)27)18-13-17(15-7-4-3-5-8-15)20-21(24)23(30-22(20)25-18)29-12-6-11-28-2/h3-5,7-10,13-14H,6,11-12,24H2,1-2H3. The van der Waals surface area contributed by atoms with Gasteiger partial charge in [0.15, 0.2) is 0 Å². The van der Waals surface area contributed by atoms with E-state index >= 15 is 0 Å². The Labute approximate surface area is 183 Å². The van der Waals surface area contributed by atoms with E-state index in [-0.39, 0.29) is 5.56 Å². The summed E-state index contributed by atoms with van der Waals surface area (Å²) in [7, 11) is 3.47. The first-order valence-electron chi connectivity index (χ1n) is 9.65. The van der Waals surface area contributed by atoms with Gasteiger partial charge in [-0.25, -0.2) is 4.98 Å². The fourth-order valence-electron chi connectivity index (χ4n) is 3.31. The van der Waals surface area contributed by atoms with Gasteiger partial charge in [-0.2, -0.15) is 0 Å². The second-order valence-corrected chi connectivity index (χ2v) is 9.33. The Morgan fingerprint density at radius 2 is 1.97 bits per heavy atom. The number of benzene rings is 1. The van der Waals surface area contributed by atoms with E-state index in [1.54, 1.807) is 47.9 Å². The summed E-state index contributed by atoms with van der Waals surface area (Å²) in [6.07, 6.45) is 2.79. The van der Waals surface area contributed by atoms with Crippen molar-refractivity contribution in [2.24, 2.45) is 7.05 Å². The minimum Gasteiger partial charge on any atom is -0.397 e. The summed E-state index contributed by atoms with van der Waals surface area (Å²) in [6, 6.07) is 15.7. The minimum atomic E-state index is -0.0433. The molecule has 0 aliphatic carbocycles. The number of nitrogens with two attached hydrogens (primary N) is 1. The van der Waals surface area contributed by atoms with E-state index in [0.717, 1.165) is 61.3 Å². The molecule has 0 aliphatic heterocycles. The van der Waals surface area contributed by atoms with Crippen molar-refractivity contribution >= 4 is 39.0 Å². The number of methoxy groups -OCH3 is 1. The molecule has 3 heterocycles. The molecular formula is C23H23N3O2S2. The maximum Gasteiger partial charge on any atom is 0.250 e. The van der Waals surface area contributed by atoms with Crippen LogP contribution in [-0.4, -0.2) is 29.0 Å². The van der Waals surface area contributed by atoms with E-state index in [1.165, 1.54) is 0 Å². The van der Waals surface area contributed by atoms with Crippen molar-refractivity contribution in [2.75, 3.05) is 25.2 Å². The van der Waals surface area contributed by atoms with Gasteiger partial charge in [0.1, 0.15) is 4.83 Å². The zero-order valence-corrected chi connectivity index (χ0v) is 18.6. The van der Waals surface area contributed by atoms with Crippen LogP contribution in [0.5, 0.6) is 0 Å². The van der Waals surface area contributed by atoms with Crippen LogP contribution < -0.4 is 11.3 Å². The van der Waals surface area contributed by atoms with Crippen LogP contribution in [0.3, 0.4) is 0 Å². The van der Waals surface area contributed by atoms with Crippen LogP contribution in [0.15, 0.2) is 63.7 Å². The molecule has 0 aliphatic rings. The molecule has 0 amide bonds. The quantitative estimate of drug-likeness (QED) is 0.324. The molecule has 1 aromatic carbocycles. The number of rotatable bonds is 7. The highest BCUT2D eigenvalue weighted by molar-refractivity contribution is 8.01. The zero-order valence-electron chi connectivity index (χ0n) is 16.9. The van der Waals surface area contributed by atoms with Crippen molar-refractivity contribution in [1.29, 1.82) is 0 Å². The van der Waals surface area contributed by atoms with Crippen molar-refractivity contribution in [3.05, 3.63) is 65.1 Å². The van der Waals surface area contributed by atoms with Gasteiger partial charge in [-0.1, -0.05) is 30.3 Å². The number of nitrogens with zero attached hydrogens (tertiary/aromatic N) is 2. The van der Waals surface area contributed by atoms with Crippen LogP contribution in [0, 0.1) is 0 Å². The highest BCUT2D eigenvalue weighted by Gasteiger charge is 2.18. The van der Waals surface area contributed by atoms with Crippen LogP contribution in [-0.2, 0) is 11.8 Å². The molecule has 0 spiro atoms. The molecule has 30 heavy (non-hydrogen) atoms. The molecule has 0 saturated carbocycles. The average Bonchev–Trinajstić information content (AvgIpc) is 3.08. The van der Waals surface area contributed by atoms with Gasteiger partial charge in [0, 0.05) is 49.7 Å². The molecule has 7 heteroatoms. The van der Waals surface area contributed by atoms with Crippen molar-refractivity contribution in [3.63, 3.8) is 0 Å². The first-order valence-corrected chi connectivity index (χ1v) is 11.5. The zero-order chi connectivity index (χ0) is 21.1. The van der Waals surface area contributed by atoms with E-state index in [9.17, 15) is 4.79 Å². The van der Waals surface area contributed by atoms with Crippen molar-refractivity contribution in [3.8, 4) is 22.4 Å². The number of fused-ring (bicyclic) bond motifs is 1. The predicted molar refractivity (Wildman–Crippen MR) is 127 cm³/mol. The van der Waals surface area contributed by atoms with Gasteiger partial charge >= 0.3 is 0 Å². The highest BCUT2D eigenvalue weighted by Crippen LogP contribution is 2.45. The first-order chi connectivity index (χ1) is 14.6. The Morgan fingerprint density at radius 1 is 1.17 bits per heavy atom. The fraction of sp³-hybridized carbons (Fsp3) is 0.217. The number of nitrogen functional groups attached to an aromatic ring is 1. The lowest BCUT2D eigenvalue weighted by molar-refractivity contribution is 0.200. The largest absolute Gasteiger partial charge is 0.397 e. The summed E-state index contributed by atoms with van der Waals surface area (Å²) in [5.74, 6) is 0.944. The molecule has 5 nitrogen and oxygen atoms in total. The van der Waals surface area contributed by atoms with Crippen molar-refractivity contribution in [2.45, 2.75) is 10.6 Å². The molecule has 0 saturated heterocycles. The third-order valence-corrected chi connectivity index (χ3v) is 7.33. The van der Waals surface area contributed by atoms with Gasteiger partial charge in [0.05, 0.1) is 15.6 Å². The minimum absolute atomic E-state index is 0.0433. The maximum atomic E-state index is 11.8. The second kappa shape index (κ2) is 9.04. The van der Waals surface area contributed by atoms with Gasteiger partial charge in [-0.05, 0) is 29.7 Å². The molecular weight excluding hydrogens is 414 g/mol. The number of aryl methyl sites for hydroxylation is 1. The highest BCUT2D eigenvalue weighted by atomic mass is 32.2. The fourth-order valence-corrected chi connectivity index (χ4v) is 5.60. The Balaban J connectivity index is 1.87. The van der Waals surface area contributed by atoms with Crippen LogP contribution >= 0.6 is 23.1 Å². The SMILES string of the molecule is COCCCSc1sc2nc(-c3ccc(=O)n(C)c3)cc(-c3ccccc3)c2c1N. The molecule has 0 bridgehead atoms. The summed E-state index contributed by atoms with van der Waals surface area (Å²) in [6.45, 7) is 0.738. The molecule has 154 valence electrons. The smallest absolute Gasteiger partial charge is 0.250 e. The lowest BCUT2D eigenvalue weighted by Gasteiger charge is -2.09. The Hall–Kier alpha value is -2.61. The van der Waals surface area contributed by atoms with Crippen LogP contribution in [0.25, 0.3) is 32.6 Å². The van der Waals surface area contributed by atoms with E-state index in [0.29, 0.717) is 0 Å². The predicted octanol–water partition coefficient (Wildman–Crippen LogP) is 5.04. The molecule has 0 radical (unpaired) electrons. The first kappa shape index (κ1) is 20.7. The molecule has 0 unspecified atom stereocenters. The number of hydrogen-bond acceptors (Lipinski definition) is 6. The molecule has 4 aromatic rings. The van der Waals surface area contributed by atoms with Gasteiger partial charge < -0.3 is 15.0 Å². The average molecular weight is 438 g/mol. The summed E-state index contributed by atoms with van der Waals surface area (Å²) in [5, 5.41) is 0.994. The molecule has 0 fully saturated rings. The van der Waals surface area contributed by atoms with Crippen molar-refractivity contribution < 1.29 is 4.74 Å². The number of anilines is 1. The molecule has 3 aromatic heterocycles. The second-order valence-electron chi connectivity index (χ2n) is 6.97. The number of hydrogen-bond donors (Lipinski definition) is 1. The summed E-state index contributed by atoms with van der Waals surface area (Å²) < 4.78 is 7.81. The third kappa shape index (κ3) is 4.14. The number of thioether (sulfide) groups is 1. The van der Waals surface area contributed by atoms with Gasteiger partial charge in [0.2, 0.25) is 5.56 Å². The summed E-state index contributed by atoms with van der Waals surface area (Å²) in [5.41, 5.74) is 11.2. The third-order valence-electron chi connectivity index (χ3n) is 4.86. The van der Waals surface area contributed by atoms with Crippen LogP contribution in [0.2, 0.25) is 0 Å². The molecule has 2 N–H and O–H groups in total. The van der Waals surface area contributed by atoms with E-state index in [2.05, 4.69) is 18.2 Å². The number of ether oxygens (including phenoxy) is 1. The Morgan fingerprint density at radius 3 is 2.70 bits per heavy atom. The van der Waals surface area contributed by atoms with Gasteiger partial charge in [0.25, 0.3) is 0 Å². The monoisotopic (exact) mass is 437 g/mol. The van der Waals surface area contributed by atoms with E-state index in [4.69, 9.17) is 15.5 Å². The summed E-state index contributed by atoms with van der Waals surface area (Å²) >= 11 is 3.38. The molecule has 0 atom stereocenters. The van der Waals surface area contributed by atoms with Crippen LogP contribution in [0.1, 0.15) is 6.42 Å². The Kier molecular flexibility index (Phi) is 6.22.